The highest BCUT2D eigenvalue weighted by Crippen LogP contribution is 2.28. The molecule has 0 radical (unpaired) electrons. The molecule has 1 unspecified atom stereocenters. The molecule has 0 aromatic heterocycles. The van der Waals surface area contributed by atoms with Crippen molar-refractivity contribution in [2.24, 2.45) is 0 Å². The highest BCUT2D eigenvalue weighted by Gasteiger charge is 2.30. The minimum Gasteiger partial charge on any atom is -0.355 e. The summed E-state index contributed by atoms with van der Waals surface area (Å²) in [5, 5.41) is 3.11. The van der Waals surface area contributed by atoms with Crippen LogP contribution in [0.15, 0.2) is 46.9 Å². The Labute approximate surface area is 202 Å². The largest absolute Gasteiger partial charge is 0.355 e. The summed E-state index contributed by atoms with van der Waals surface area (Å²) in [6, 6.07) is 11.4. The molecule has 0 aliphatic heterocycles. The van der Waals surface area contributed by atoms with Crippen LogP contribution in [0.2, 0.25) is 5.02 Å². The Hall–Kier alpha value is -2.10. The van der Waals surface area contributed by atoms with Crippen LogP contribution in [-0.2, 0) is 26.2 Å². The van der Waals surface area contributed by atoms with Crippen molar-refractivity contribution in [1.82, 2.24) is 10.2 Å². The summed E-state index contributed by atoms with van der Waals surface area (Å²) in [7, 11) is -3.80. The van der Waals surface area contributed by atoms with Crippen LogP contribution in [0.5, 0.6) is 0 Å². The Kier molecular flexibility index (Phi) is 9.12. The van der Waals surface area contributed by atoms with Gasteiger partial charge in [0.2, 0.25) is 21.8 Å². The molecule has 0 fully saturated rings. The van der Waals surface area contributed by atoms with Crippen LogP contribution in [0.25, 0.3) is 0 Å². The second-order valence-corrected chi connectivity index (χ2v) is 10.6. The lowest BCUT2D eigenvalue weighted by molar-refractivity contribution is -0.139. The summed E-state index contributed by atoms with van der Waals surface area (Å²) in [6.45, 7) is 5.21. The van der Waals surface area contributed by atoms with Gasteiger partial charge in [-0.05, 0) is 56.2 Å². The minimum atomic E-state index is -3.80. The summed E-state index contributed by atoms with van der Waals surface area (Å²) >= 11 is 9.56. The van der Waals surface area contributed by atoms with Crippen molar-refractivity contribution in [3.63, 3.8) is 0 Å². The molecule has 32 heavy (non-hydrogen) atoms. The van der Waals surface area contributed by atoms with Gasteiger partial charge in [-0.1, -0.05) is 45.7 Å². The van der Waals surface area contributed by atoms with Gasteiger partial charge in [-0.15, -0.1) is 0 Å². The van der Waals surface area contributed by atoms with Crippen LogP contribution in [-0.4, -0.2) is 50.5 Å². The van der Waals surface area contributed by atoms with Crippen LogP contribution in [0, 0.1) is 6.92 Å². The van der Waals surface area contributed by atoms with Gasteiger partial charge in [-0.3, -0.25) is 13.9 Å². The van der Waals surface area contributed by atoms with Crippen LogP contribution >= 0.6 is 27.5 Å². The Morgan fingerprint density at radius 3 is 2.34 bits per heavy atom. The third-order valence-corrected chi connectivity index (χ3v) is 7.04. The molecule has 174 valence electrons. The molecule has 7 nitrogen and oxygen atoms in total. The lowest BCUT2D eigenvalue weighted by atomic mass is 10.1. The van der Waals surface area contributed by atoms with E-state index < -0.39 is 28.5 Å². The van der Waals surface area contributed by atoms with Gasteiger partial charge >= 0.3 is 0 Å². The van der Waals surface area contributed by atoms with Gasteiger partial charge in [0.05, 0.1) is 11.9 Å². The average Bonchev–Trinajstić information content (AvgIpc) is 2.72. The molecule has 0 saturated heterocycles. The molecule has 2 aromatic rings. The molecule has 1 N–H and O–H groups in total. The quantitative estimate of drug-likeness (QED) is 0.521. The summed E-state index contributed by atoms with van der Waals surface area (Å²) in [4.78, 5) is 27.3. The number of amides is 2. The zero-order chi connectivity index (χ0) is 24.1. The van der Waals surface area contributed by atoms with E-state index in [1.807, 2.05) is 24.3 Å². The predicted octanol–water partition coefficient (Wildman–Crippen LogP) is 3.73. The van der Waals surface area contributed by atoms with Gasteiger partial charge in [0.1, 0.15) is 12.6 Å². The highest BCUT2D eigenvalue weighted by molar-refractivity contribution is 9.10. The number of carbonyl (C=O) groups excluding carboxylic acids is 2. The van der Waals surface area contributed by atoms with Crippen LogP contribution in [0.1, 0.15) is 25.0 Å². The van der Waals surface area contributed by atoms with Gasteiger partial charge in [-0.2, -0.15) is 0 Å². The van der Waals surface area contributed by atoms with E-state index in [1.54, 1.807) is 39.0 Å². The van der Waals surface area contributed by atoms with Crippen molar-refractivity contribution < 1.29 is 18.0 Å². The van der Waals surface area contributed by atoms with E-state index in [0.717, 1.165) is 20.6 Å². The number of hydrogen-bond donors (Lipinski definition) is 1. The van der Waals surface area contributed by atoms with E-state index >= 15 is 0 Å². The summed E-state index contributed by atoms with van der Waals surface area (Å²) in [5.41, 5.74) is 1.67. The predicted molar refractivity (Wildman–Crippen MR) is 131 cm³/mol. The standard InChI is InChI=1S/C22H27BrClN3O4S/c1-5-25-22(29)16(3)26(13-17-9-11-18(23)12-10-17)21(28)14-27(32(4,30)31)20-8-6-7-19(24)15(20)2/h6-12,16H,5,13-14H2,1-4H3,(H,25,29). The molecule has 0 bridgehead atoms. The van der Waals surface area contributed by atoms with Crippen LogP contribution in [0.4, 0.5) is 5.69 Å². The smallest absolute Gasteiger partial charge is 0.244 e. The van der Waals surface area contributed by atoms with Crippen molar-refractivity contribution in [3.05, 3.63) is 63.1 Å². The van der Waals surface area contributed by atoms with Crippen molar-refractivity contribution in [2.45, 2.75) is 33.4 Å². The maximum absolute atomic E-state index is 13.4. The van der Waals surface area contributed by atoms with E-state index in [9.17, 15) is 18.0 Å². The zero-order valence-corrected chi connectivity index (χ0v) is 21.6. The lowest BCUT2D eigenvalue weighted by Crippen LogP contribution is -2.51. The van der Waals surface area contributed by atoms with Crippen molar-refractivity contribution in [3.8, 4) is 0 Å². The first-order valence-electron chi connectivity index (χ1n) is 10.00. The second-order valence-electron chi connectivity index (χ2n) is 7.37. The first-order chi connectivity index (χ1) is 15.0. The molecule has 0 aliphatic rings. The number of halogens is 2. The maximum Gasteiger partial charge on any atom is 0.244 e. The first-order valence-corrected chi connectivity index (χ1v) is 13.0. The topological polar surface area (TPSA) is 86.8 Å². The molecule has 0 aliphatic carbocycles. The normalized spacial score (nSPS) is 12.2. The number of carbonyl (C=O) groups is 2. The molecular formula is C22H27BrClN3O4S. The fourth-order valence-electron chi connectivity index (χ4n) is 3.15. The molecule has 2 aromatic carbocycles. The number of likely N-dealkylation sites (N-methyl/N-ethyl adjacent to an activating group) is 1. The Balaban J connectivity index is 2.42. The second kappa shape index (κ2) is 11.2. The van der Waals surface area contributed by atoms with E-state index in [-0.39, 0.29) is 12.5 Å². The summed E-state index contributed by atoms with van der Waals surface area (Å²) in [6.07, 6.45) is 1.03. The van der Waals surface area contributed by atoms with E-state index in [0.29, 0.717) is 22.8 Å². The van der Waals surface area contributed by atoms with E-state index in [1.165, 1.54) is 4.90 Å². The van der Waals surface area contributed by atoms with Gasteiger partial charge in [-0.25, -0.2) is 8.42 Å². The highest BCUT2D eigenvalue weighted by atomic mass is 79.9. The van der Waals surface area contributed by atoms with E-state index in [4.69, 9.17) is 11.6 Å². The summed E-state index contributed by atoms with van der Waals surface area (Å²) in [5.74, 6) is -0.820. The molecule has 2 rings (SSSR count). The first kappa shape index (κ1) is 26.2. The van der Waals surface area contributed by atoms with E-state index in [2.05, 4.69) is 21.2 Å². The van der Waals surface area contributed by atoms with Gasteiger partial charge in [0.25, 0.3) is 0 Å². The summed E-state index contributed by atoms with van der Waals surface area (Å²) < 4.78 is 27.1. The fourth-order valence-corrected chi connectivity index (χ4v) is 4.49. The van der Waals surface area contributed by atoms with Gasteiger partial charge in [0.15, 0.2) is 0 Å². The van der Waals surface area contributed by atoms with Gasteiger partial charge in [0, 0.05) is 22.6 Å². The number of hydrogen-bond acceptors (Lipinski definition) is 4. The number of sulfonamides is 1. The molecule has 10 heteroatoms. The molecule has 0 heterocycles. The number of benzene rings is 2. The third kappa shape index (κ3) is 6.70. The molecule has 1 atom stereocenters. The molecular weight excluding hydrogens is 518 g/mol. The van der Waals surface area contributed by atoms with Crippen LogP contribution < -0.4 is 9.62 Å². The Bertz CT molecular complexity index is 1080. The minimum absolute atomic E-state index is 0.149. The lowest BCUT2D eigenvalue weighted by Gasteiger charge is -2.32. The number of nitrogens with zero attached hydrogens (tertiary/aromatic N) is 2. The fraction of sp³-hybridized carbons (Fsp3) is 0.364. The van der Waals surface area contributed by atoms with Crippen LogP contribution in [0.3, 0.4) is 0 Å². The Morgan fingerprint density at radius 1 is 1.16 bits per heavy atom. The number of rotatable bonds is 9. The van der Waals surface area contributed by atoms with Crippen molar-refractivity contribution in [1.29, 1.82) is 0 Å². The molecule has 0 saturated carbocycles. The maximum atomic E-state index is 13.4. The SMILES string of the molecule is CCNC(=O)C(C)N(Cc1ccc(Br)cc1)C(=O)CN(c1cccc(Cl)c1C)S(C)(=O)=O. The molecule has 0 spiro atoms. The number of anilines is 1. The third-order valence-electron chi connectivity index (χ3n) is 4.97. The van der Waals surface area contributed by atoms with Gasteiger partial charge < -0.3 is 10.2 Å². The monoisotopic (exact) mass is 543 g/mol. The van der Waals surface area contributed by atoms with Crippen molar-refractivity contribution in [2.75, 3.05) is 23.7 Å². The molecule has 2 amide bonds. The average molecular weight is 545 g/mol. The van der Waals surface area contributed by atoms with Crippen molar-refractivity contribution >= 4 is 55.1 Å². The number of nitrogens with one attached hydrogen (secondary N) is 1. The Morgan fingerprint density at radius 2 is 1.78 bits per heavy atom. The zero-order valence-electron chi connectivity index (χ0n) is 18.4.